The molecular weight excluding hydrogens is 508 g/mol. The summed E-state index contributed by atoms with van der Waals surface area (Å²) < 4.78 is 7.93. The van der Waals surface area contributed by atoms with Crippen molar-refractivity contribution in [2.45, 2.75) is 38.2 Å². The number of carbonyl (C=O) groups excluding carboxylic acids is 1. The van der Waals surface area contributed by atoms with E-state index in [9.17, 15) is 9.59 Å². The van der Waals surface area contributed by atoms with E-state index in [1.807, 2.05) is 30.3 Å². The normalized spacial score (nSPS) is 15.7. The Morgan fingerprint density at radius 3 is 2.60 bits per heavy atom. The number of fused-ring (bicyclic) bond motifs is 2. The summed E-state index contributed by atoms with van der Waals surface area (Å²) in [7, 11) is 3.46. The second-order valence-electron chi connectivity index (χ2n) is 10.4. The van der Waals surface area contributed by atoms with E-state index < -0.39 is 11.3 Å². The molecule has 1 saturated heterocycles. The van der Waals surface area contributed by atoms with Crippen molar-refractivity contribution in [1.29, 1.82) is 0 Å². The summed E-state index contributed by atoms with van der Waals surface area (Å²) in [4.78, 5) is 42.1. The van der Waals surface area contributed by atoms with Crippen LogP contribution in [0.25, 0.3) is 16.7 Å². The Morgan fingerprint density at radius 1 is 1.05 bits per heavy atom. The van der Waals surface area contributed by atoms with Crippen molar-refractivity contribution in [3.8, 4) is 11.4 Å². The highest BCUT2D eigenvalue weighted by molar-refractivity contribution is 5.96. The summed E-state index contributed by atoms with van der Waals surface area (Å²) in [5.74, 6) is 0.529. The number of hydrogen-bond acceptors (Lipinski definition) is 8. The Bertz CT molecular complexity index is 1610. The third-order valence-corrected chi connectivity index (χ3v) is 7.62. The molecule has 0 unspecified atom stereocenters. The molecule has 1 aliphatic carbocycles. The maximum absolute atomic E-state index is 13.3. The largest absolute Gasteiger partial charge is 0.490 e. The van der Waals surface area contributed by atoms with E-state index in [2.05, 4.69) is 39.9 Å². The van der Waals surface area contributed by atoms with Crippen LogP contribution in [0.5, 0.6) is 5.75 Å². The van der Waals surface area contributed by atoms with Gasteiger partial charge < -0.3 is 19.5 Å². The number of amides is 1. The fraction of sp³-hybridized carbons (Fsp3) is 0.333. The van der Waals surface area contributed by atoms with Crippen LogP contribution in [-0.4, -0.2) is 58.7 Å². The molecule has 2 aromatic carbocycles. The van der Waals surface area contributed by atoms with E-state index in [-0.39, 0.29) is 17.1 Å². The van der Waals surface area contributed by atoms with Crippen molar-refractivity contribution in [2.24, 2.45) is 0 Å². The summed E-state index contributed by atoms with van der Waals surface area (Å²) in [5, 5.41) is 3.46. The average molecular weight is 541 g/mol. The zero-order chi connectivity index (χ0) is 27.6. The minimum Gasteiger partial charge on any atom is -0.490 e. The molecule has 2 aliphatic rings. The van der Waals surface area contributed by atoms with E-state index >= 15 is 0 Å². The molecule has 10 nitrogen and oxygen atoms in total. The van der Waals surface area contributed by atoms with Gasteiger partial charge in [0.25, 0.3) is 5.91 Å². The van der Waals surface area contributed by atoms with Crippen LogP contribution in [0.1, 0.15) is 40.7 Å². The molecular formula is C30H32N6O4. The van der Waals surface area contributed by atoms with Crippen LogP contribution in [0.2, 0.25) is 0 Å². The highest BCUT2D eigenvalue weighted by atomic mass is 16.6. The molecule has 0 atom stereocenters. The first kappa shape index (κ1) is 26.0. The molecule has 1 fully saturated rings. The van der Waals surface area contributed by atoms with Gasteiger partial charge >= 0.3 is 0 Å². The summed E-state index contributed by atoms with van der Waals surface area (Å²) in [6, 6.07) is 13.9. The Labute approximate surface area is 231 Å². The van der Waals surface area contributed by atoms with Gasteiger partial charge in [0.1, 0.15) is 17.4 Å². The zero-order valence-corrected chi connectivity index (χ0v) is 22.6. The van der Waals surface area contributed by atoms with Crippen molar-refractivity contribution < 1.29 is 14.4 Å². The lowest BCUT2D eigenvalue weighted by Crippen LogP contribution is -2.35. The molecule has 2 N–H and O–H groups in total. The number of ether oxygens (including phenoxy) is 1. The number of nitrogens with one attached hydrogen (secondary N) is 2. The Morgan fingerprint density at radius 2 is 1.82 bits per heavy atom. The van der Waals surface area contributed by atoms with Gasteiger partial charge in [-0.15, -0.1) is 0 Å². The molecule has 0 bridgehead atoms. The zero-order valence-electron chi connectivity index (χ0n) is 22.6. The molecule has 0 spiro atoms. The molecule has 10 heteroatoms. The lowest BCUT2D eigenvalue weighted by Gasteiger charge is -2.29. The van der Waals surface area contributed by atoms with Gasteiger partial charge in [-0.1, -0.05) is 6.07 Å². The van der Waals surface area contributed by atoms with Gasteiger partial charge in [0.05, 0.1) is 12.5 Å². The number of likely N-dealkylation sites (tertiary alicyclic amines) is 1. The van der Waals surface area contributed by atoms with Gasteiger partial charge in [0, 0.05) is 36.9 Å². The van der Waals surface area contributed by atoms with Crippen molar-refractivity contribution in [1.82, 2.24) is 24.9 Å². The number of aryl methyl sites for hydroxylation is 2. The second kappa shape index (κ2) is 11.1. The van der Waals surface area contributed by atoms with Crippen molar-refractivity contribution in [3.63, 3.8) is 0 Å². The predicted molar refractivity (Wildman–Crippen MR) is 153 cm³/mol. The summed E-state index contributed by atoms with van der Waals surface area (Å²) in [6.45, 7) is 2.08. The minimum absolute atomic E-state index is 0.0562. The van der Waals surface area contributed by atoms with Gasteiger partial charge in [-0.2, -0.15) is 4.98 Å². The maximum Gasteiger partial charge on any atom is 0.280 e. The number of piperidine rings is 1. The molecule has 4 aromatic rings. The topological polar surface area (TPSA) is 111 Å². The first-order chi connectivity index (χ1) is 19.5. The molecule has 0 saturated carbocycles. The van der Waals surface area contributed by atoms with Crippen LogP contribution in [0, 0.1) is 0 Å². The first-order valence-corrected chi connectivity index (χ1v) is 13.6. The van der Waals surface area contributed by atoms with Crippen molar-refractivity contribution >= 4 is 28.6 Å². The average Bonchev–Trinajstić information content (AvgIpc) is 3.44. The molecule has 2 aromatic heterocycles. The Balaban J connectivity index is 1.32. The molecule has 40 heavy (non-hydrogen) atoms. The molecule has 1 aliphatic heterocycles. The van der Waals surface area contributed by atoms with Gasteiger partial charge in [-0.25, -0.2) is 10.5 Å². The predicted octanol–water partition coefficient (Wildman–Crippen LogP) is 3.78. The van der Waals surface area contributed by atoms with Crippen molar-refractivity contribution in [2.75, 3.05) is 32.6 Å². The molecule has 0 radical (unpaired) electrons. The number of anilines is 2. The van der Waals surface area contributed by atoms with Gasteiger partial charge in [-0.05, 0) is 86.7 Å². The highest BCUT2D eigenvalue weighted by Crippen LogP contribution is 2.27. The second-order valence-corrected chi connectivity index (χ2v) is 10.4. The number of pyridine rings is 1. The van der Waals surface area contributed by atoms with Crippen LogP contribution >= 0.6 is 0 Å². The number of hydrogen-bond donors (Lipinski definition) is 2. The van der Waals surface area contributed by atoms with E-state index in [4.69, 9.17) is 14.6 Å². The number of benzene rings is 2. The van der Waals surface area contributed by atoms with Crippen molar-refractivity contribution in [3.05, 3.63) is 81.8 Å². The SMILES string of the molecule is CONC(=O)c1cn(-c2ccc3c(c2)CCC3)c2nc(Nc3ccc(OC4CCN(C)CC4)cc3)ncc2c1=O. The lowest BCUT2D eigenvalue weighted by atomic mass is 10.1. The molecule has 1 amide bonds. The van der Waals surface area contributed by atoms with E-state index in [1.54, 1.807) is 4.57 Å². The maximum atomic E-state index is 13.3. The fourth-order valence-corrected chi connectivity index (χ4v) is 5.43. The number of aromatic nitrogens is 3. The smallest absolute Gasteiger partial charge is 0.280 e. The Kier molecular flexibility index (Phi) is 7.19. The Hall–Kier alpha value is -4.28. The molecule has 6 rings (SSSR count). The van der Waals surface area contributed by atoms with Gasteiger partial charge in [-0.3, -0.25) is 14.4 Å². The fourth-order valence-electron chi connectivity index (χ4n) is 5.43. The van der Waals surface area contributed by atoms with Gasteiger partial charge in [0.2, 0.25) is 11.4 Å². The van der Waals surface area contributed by atoms with Crippen LogP contribution in [0.4, 0.5) is 11.6 Å². The molecule has 3 heterocycles. The highest BCUT2D eigenvalue weighted by Gasteiger charge is 2.20. The number of nitrogens with zero attached hydrogens (tertiary/aromatic N) is 4. The quantitative estimate of drug-likeness (QED) is 0.341. The van der Waals surface area contributed by atoms with Crippen LogP contribution in [0.3, 0.4) is 0 Å². The van der Waals surface area contributed by atoms with Crippen LogP contribution in [0.15, 0.2) is 59.7 Å². The first-order valence-electron chi connectivity index (χ1n) is 13.6. The van der Waals surface area contributed by atoms with Crippen LogP contribution in [-0.2, 0) is 17.7 Å². The lowest BCUT2D eigenvalue weighted by molar-refractivity contribution is 0.0536. The monoisotopic (exact) mass is 540 g/mol. The molecule has 206 valence electrons. The van der Waals surface area contributed by atoms with E-state index in [1.165, 1.54) is 30.6 Å². The van der Waals surface area contributed by atoms with Gasteiger partial charge in [0.15, 0.2) is 5.65 Å². The van der Waals surface area contributed by atoms with E-state index in [0.29, 0.717) is 11.6 Å². The number of hydroxylamine groups is 1. The number of rotatable bonds is 7. The van der Waals surface area contributed by atoms with E-state index in [0.717, 1.165) is 62.3 Å². The van der Waals surface area contributed by atoms with Crippen LogP contribution < -0.4 is 21.0 Å². The standard InChI is InChI=1S/C30H32N6O4/c1-35-14-12-24(13-15-35)40-23-10-7-21(8-11-23)32-30-31-17-25-27(37)26(29(38)34-39-2)18-36(28(25)33-30)22-9-6-19-4-3-5-20(19)16-22/h6-11,16-18,24H,3-5,12-15H2,1-2H3,(H,34,38)(H,31,32,33). The third kappa shape index (κ3) is 5.28. The summed E-state index contributed by atoms with van der Waals surface area (Å²) in [5.41, 5.74) is 6.32. The summed E-state index contributed by atoms with van der Waals surface area (Å²) in [6.07, 6.45) is 8.40. The third-order valence-electron chi connectivity index (χ3n) is 7.62. The summed E-state index contributed by atoms with van der Waals surface area (Å²) >= 11 is 0. The number of carbonyl (C=O) groups is 1. The minimum atomic E-state index is -0.630.